The molecule has 1 fully saturated rings. The van der Waals surface area contributed by atoms with E-state index in [1.54, 1.807) is 13.8 Å². The second kappa shape index (κ2) is 2.09. The Hall–Kier alpha value is -0.830. The maximum Gasteiger partial charge on any atom is 0.338 e. The number of ether oxygens (including phenoxy) is 2. The van der Waals surface area contributed by atoms with Crippen LogP contribution in [0.5, 0.6) is 0 Å². The zero-order chi connectivity index (χ0) is 7.78. The first-order valence-corrected chi connectivity index (χ1v) is 3.06. The standard InChI is InChI=1S/C7H10O3/c1-5-4-9-7(2,3)10-6(5)8/h1,4H2,2-3H3. The van der Waals surface area contributed by atoms with Gasteiger partial charge in [-0.05, 0) is 0 Å². The Morgan fingerprint density at radius 2 is 2.20 bits per heavy atom. The monoisotopic (exact) mass is 142 g/mol. The first-order valence-electron chi connectivity index (χ1n) is 3.06. The van der Waals surface area contributed by atoms with Crippen molar-refractivity contribution in [1.29, 1.82) is 0 Å². The van der Waals surface area contributed by atoms with Crippen LogP contribution in [0.1, 0.15) is 13.8 Å². The number of carbonyl (C=O) groups is 1. The van der Waals surface area contributed by atoms with Gasteiger partial charge < -0.3 is 9.47 Å². The molecule has 0 aromatic rings. The minimum Gasteiger partial charge on any atom is -0.430 e. The largest absolute Gasteiger partial charge is 0.430 e. The van der Waals surface area contributed by atoms with Crippen molar-refractivity contribution in [2.24, 2.45) is 0 Å². The molecule has 0 aromatic carbocycles. The lowest BCUT2D eigenvalue weighted by Gasteiger charge is -2.30. The first kappa shape index (κ1) is 7.28. The Morgan fingerprint density at radius 1 is 1.60 bits per heavy atom. The summed E-state index contributed by atoms with van der Waals surface area (Å²) < 4.78 is 9.93. The van der Waals surface area contributed by atoms with E-state index in [0.717, 1.165) is 0 Å². The molecule has 3 nitrogen and oxygen atoms in total. The van der Waals surface area contributed by atoms with Crippen LogP contribution in [-0.4, -0.2) is 18.4 Å². The van der Waals surface area contributed by atoms with Gasteiger partial charge in [-0.15, -0.1) is 0 Å². The minimum atomic E-state index is -0.779. The molecule has 0 N–H and O–H groups in total. The van der Waals surface area contributed by atoms with Gasteiger partial charge in [0.25, 0.3) is 0 Å². The number of carbonyl (C=O) groups excluding carboxylic acids is 1. The van der Waals surface area contributed by atoms with Crippen molar-refractivity contribution in [3.8, 4) is 0 Å². The molecule has 0 unspecified atom stereocenters. The van der Waals surface area contributed by atoms with Crippen molar-refractivity contribution >= 4 is 5.97 Å². The van der Waals surface area contributed by atoms with Crippen LogP contribution in [0.15, 0.2) is 12.2 Å². The molecule has 0 radical (unpaired) electrons. The van der Waals surface area contributed by atoms with E-state index in [1.807, 2.05) is 0 Å². The summed E-state index contributed by atoms with van der Waals surface area (Å²) in [7, 11) is 0. The summed E-state index contributed by atoms with van der Waals surface area (Å²) in [5.74, 6) is -1.14. The fourth-order valence-electron chi connectivity index (χ4n) is 0.645. The fraction of sp³-hybridized carbons (Fsp3) is 0.571. The number of cyclic esters (lactones) is 1. The van der Waals surface area contributed by atoms with E-state index in [2.05, 4.69) is 6.58 Å². The zero-order valence-electron chi connectivity index (χ0n) is 6.14. The molecule has 1 rings (SSSR count). The summed E-state index contributed by atoms with van der Waals surface area (Å²) in [4.78, 5) is 10.8. The van der Waals surface area contributed by atoms with Crippen LogP contribution >= 0.6 is 0 Å². The lowest BCUT2D eigenvalue weighted by molar-refractivity contribution is -0.223. The summed E-state index contributed by atoms with van der Waals surface area (Å²) in [5, 5.41) is 0. The van der Waals surface area contributed by atoms with E-state index in [-0.39, 0.29) is 12.6 Å². The van der Waals surface area contributed by atoms with Gasteiger partial charge in [-0.1, -0.05) is 6.58 Å². The summed E-state index contributed by atoms with van der Waals surface area (Å²) in [6, 6.07) is 0. The predicted octanol–water partition coefficient (Wildman–Crippen LogP) is 0.852. The van der Waals surface area contributed by atoms with Crippen LogP contribution in [-0.2, 0) is 14.3 Å². The lowest BCUT2D eigenvalue weighted by atomic mass is 10.2. The average Bonchev–Trinajstić information content (AvgIpc) is 1.79. The molecule has 0 aliphatic carbocycles. The van der Waals surface area contributed by atoms with Gasteiger partial charge in [0.15, 0.2) is 0 Å². The molecule has 0 amide bonds. The predicted molar refractivity (Wildman–Crippen MR) is 35.3 cm³/mol. The second-order valence-electron chi connectivity index (χ2n) is 2.68. The van der Waals surface area contributed by atoms with Crippen LogP contribution in [0.3, 0.4) is 0 Å². The molecule has 0 bridgehead atoms. The van der Waals surface area contributed by atoms with Gasteiger partial charge in [-0.25, -0.2) is 4.79 Å². The topological polar surface area (TPSA) is 35.5 Å². The van der Waals surface area contributed by atoms with Gasteiger partial charge in [0.1, 0.15) is 0 Å². The molecule has 0 atom stereocenters. The highest BCUT2D eigenvalue weighted by molar-refractivity contribution is 5.88. The molecule has 1 saturated heterocycles. The van der Waals surface area contributed by atoms with Crippen molar-refractivity contribution in [2.45, 2.75) is 19.6 Å². The van der Waals surface area contributed by atoms with Gasteiger partial charge in [-0.2, -0.15) is 0 Å². The normalized spacial score (nSPS) is 24.2. The van der Waals surface area contributed by atoms with Crippen LogP contribution in [0, 0.1) is 0 Å². The molecule has 56 valence electrons. The zero-order valence-corrected chi connectivity index (χ0v) is 6.14. The Labute approximate surface area is 59.6 Å². The van der Waals surface area contributed by atoms with E-state index in [9.17, 15) is 4.79 Å². The van der Waals surface area contributed by atoms with Gasteiger partial charge in [0, 0.05) is 13.8 Å². The molecule has 1 aliphatic heterocycles. The minimum absolute atomic E-state index is 0.270. The van der Waals surface area contributed by atoms with Crippen molar-refractivity contribution < 1.29 is 14.3 Å². The van der Waals surface area contributed by atoms with Crippen LogP contribution in [0.2, 0.25) is 0 Å². The Bertz CT molecular complexity index is 181. The summed E-state index contributed by atoms with van der Waals surface area (Å²) in [6.45, 7) is 7.11. The number of hydrogen-bond acceptors (Lipinski definition) is 3. The van der Waals surface area contributed by atoms with Crippen LogP contribution in [0.25, 0.3) is 0 Å². The SMILES string of the molecule is C=C1COC(C)(C)OC1=O. The fourth-order valence-corrected chi connectivity index (χ4v) is 0.645. The molecule has 0 spiro atoms. The van der Waals surface area contributed by atoms with Crippen molar-refractivity contribution in [3.05, 3.63) is 12.2 Å². The van der Waals surface area contributed by atoms with E-state index < -0.39 is 5.79 Å². The van der Waals surface area contributed by atoms with E-state index in [4.69, 9.17) is 9.47 Å². The van der Waals surface area contributed by atoms with Crippen molar-refractivity contribution in [2.75, 3.05) is 6.61 Å². The van der Waals surface area contributed by atoms with E-state index in [0.29, 0.717) is 5.57 Å². The van der Waals surface area contributed by atoms with Gasteiger partial charge in [0.2, 0.25) is 5.79 Å². The average molecular weight is 142 g/mol. The molecular formula is C7H10O3. The third kappa shape index (κ3) is 1.36. The lowest BCUT2D eigenvalue weighted by Crippen LogP contribution is -2.38. The van der Waals surface area contributed by atoms with Gasteiger partial charge in [0.05, 0.1) is 12.2 Å². The Kier molecular flexibility index (Phi) is 1.52. The molecule has 0 aromatic heterocycles. The maximum atomic E-state index is 10.8. The Balaban J connectivity index is 2.66. The molecular weight excluding hydrogens is 132 g/mol. The van der Waals surface area contributed by atoms with Crippen LogP contribution in [0.4, 0.5) is 0 Å². The first-order chi connectivity index (χ1) is 4.51. The third-order valence-corrected chi connectivity index (χ3v) is 1.22. The van der Waals surface area contributed by atoms with Gasteiger partial charge in [-0.3, -0.25) is 0 Å². The quantitative estimate of drug-likeness (QED) is 0.371. The second-order valence-corrected chi connectivity index (χ2v) is 2.68. The molecule has 0 saturated carbocycles. The molecule has 1 heterocycles. The summed E-state index contributed by atoms with van der Waals surface area (Å²) >= 11 is 0. The summed E-state index contributed by atoms with van der Waals surface area (Å²) in [5.41, 5.74) is 0.374. The smallest absolute Gasteiger partial charge is 0.338 e. The number of rotatable bonds is 0. The third-order valence-electron chi connectivity index (χ3n) is 1.22. The van der Waals surface area contributed by atoms with Gasteiger partial charge >= 0.3 is 5.97 Å². The number of esters is 1. The van der Waals surface area contributed by atoms with E-state index in [1.165, 1.54) is 0 Å². The molecule has 1 aliphatic rings. The van der Waals surface area contributed by atoms with Crippen molar-refractivity contribution in [1.82, 2.24) is 0 Å². The highest BCUT2D eigenvalue weighted by atomic mass is 16.7. The maximum absolute atomic E-state index is 10.8. The summed E-state index contributed by atoms with van der Waals surface area (Å²) in [6.07, 6.45) is 0. The number of hydrogen-bond donors (Lipinski definition) is 0. The van der Waals surface area contributed by atoms with Crippen molar-refractivity contribution in [3.63, 3.8) is 0 Å². The molecule has 10 heavy (non-hydrogen) atoms. The molecule has 3 heteroatoms. The van der Waals surface area contributed by atoms with E-state index >= 15 is 0 Å². The highest BCUT2D eigenvalue weighted by Gasteiger charge is 2.30. The Morgan fingerprint density at radius 3 is 2.60 bits per heavy atom. The van der Waals surface area contributed by atoms with Crippen LogP contribution < -0.4 is 0 Å². The highest BCUT2D eigenvalue weighted by Crippen LogP contribution is 2.19.